The van der Waals surface area contributed by atoms with Gasteiger partial charge in [0.25, 0.3) is 0 Å². The molecule has 2 rings (SSSR count). The van der Waals surface area contributed by atoms with E-state index in [9.17, 15) is 9.18 Å². The summed E-state index contributed by atoms with van der Waals surface area (Å²) in [5.41, 5.74) is 1.54. The summed E-state index contributed by atoms with van der Waals surface area (Å²) in [6.07, 6.45) is 0. The molecule has 2 nitrogen and oxygen atoms in total. The van der Waals surface area contributed by atoms with Gasteiger partial charge in [-0.3, -0.25) is 0 Å². The number of carbonyl (C=O) groups is 1. The molecule has 0 atom stereocenters. The lowest BCUT2D eigenvalue weighted by atomic mass is 10.0. The summed E-state index contributed by atoms with van der Waals surface area (Å²) in [6, 6.07) is 13.2. The van der Waals surface area contributed by atoms with Gasteiger partial charge in [-0.1, -0.05) is 30.3 Å². The van der Waals surface area contributed by atoms with E-state index in [0.717, 1.165) is 0 Å². The number of ether oxygens (including phenoxy) is 1. The van der Waals surface area contributed by atoms with E-state index in [2.05, 4.69) is 4.74 Å². The van der Waals surface area contributed by atoms with E-state index in [0.29, 0.717) is 16.7 Å². The molecule has 0 bridgehead atoms. The topological polar surface area (TPSA) is 26.3 Å². The van der Waals surface area contributed by atoms with Gasteiger partial charge in [0, 0.05) is 5.56 Å². The standard InChI is InChI=1S/C14H11FO2/c1-17-14(16)11-6-4-5-10(9-11)12-7-2-3-8-13(12)15/h2-9H,1H3. The summed E-state index contributed by atoms with van der Waals surface area (Å²) in [5.74, 6) is -0.738. The Morgan fingerprint density at radius 1 is 1.12 bits per heavy atom. The second-order valence-electron chi connectivity index (χ2n) is 3.55. The molecule has 2 aromatic rings. The van der Waals surface area contributed by atoms with Crippen molar-refractivity contribution in [3.8, 4) is 11.1 Å². The Labute approximate surface area is 98.7 Å². The number of carbonyl (C=O) groups excluding carboxylic acids is 1. The Morgan fingerprint density at radius 2 is 1.88 bits per heavy atom. The fraction of sp³-hybridized carbons (Fsp3) is 0.0714. The van der Waals surface area contributed by atoms with Crippen LogP contribution in [-0.4, -0.2) is 13.1 Å². The quantitative estimate of drug-likeness (QED) is 0.740. The number of esters is 1. The van der Waals surface area contributed by atoms with Gasteiger partial charge in [-0.2, -0.15) is 0 Å². The van der Waals surface area contributed by atoms with Crippen molar-refractivity contribution < 1.29 is 13.9 Å². The van der Waals surface area contributed by atoms with Crippen molar-refractivity contribution in [2.75, 3.05) is 7.11 Å². The maximum absolute atomic E-state index is 13.6. The lowest BCUT2D eigenvalue weighted by Gasteiger charge is -2.05. The van der Waals surface area contributed by atoms with E-state index < -0.39 is 5.97 Å². The van der Waals surface area contributed by atoms with Gasteiger partial charge in [0.05, 0.1) is 12.7 Å². The van der Waals surface area contributed by atoms with Crippen molar-refractivity contribution >= 4 is 5.97 Å². The molecule has 0 aromatic heterocycles. The van der Waals surface area contributed by atoms with Crippen LogP contribution in [0, 0.1) is 5.82 Å². The lowest BCUT2D eigenvalue weighted by Crippen LogP contribution is -2.00. The first-order chi connectivity index (χ1) is 8.22. The van der Waals surface area contributed by atoms with Crippen LogP contribution in [0.15, 0.2) is 48.5 Å². The van der Waals surface area contributed by atoms with Crippen molar-refractivity contribution in [2.45, 2.75) is 0 Å². The van der Waals surface area contributed by atoms with Gasteiger partial charge in [0.1, 0.15) is 5.82 Å². The van der Waals surface area contributed by atoms with Gasteiger partial charge in [0.15, 0.2) is 0 Å². The summed E-state index contributed by atoms with van der Waals surface area (Å²) in [7, 11) is 1.32. The average molecular weight is 230 g/mol. The summed E-state index contributed by atoms with van der Waals surface area (Å²) < 4.78 is 18.2. The number of halogens is 1. The molecule has 0 aliphatic rings. The third kappa shape index (κ3) is 2.33. The molecular formula is C14H11FO2. The van der Waals surface area contributed by atoms with Crippen molar-refractivity contribution in [3.63, 3.8) is 0 Å². The number of hydrogen-bond acceptors (Lipinski definition) is 2. The summed E-state index contributed by atoms with van der Waals surface area (Å²) in [4.78, 5) is 11.4. The lowest BCUT2D eigenvalue weighted by molar-refractivity contribution is 0.0601. The van der Waals surface area contributed by atoms with Crippen molar-refractivity contribution in [2.24, 2.45) is 0 Å². The predicted molar refractivity (Wildman–Crippen MR) is 63.2 cm³/mol. The third-order valence-corrected chi connectivity index (χ3v) is 2.47. The molecule has 0 amide bonds. The molecule has 2 aromatic carbocycles. The molecule has 0 unspecified atom stereocenters. The Balaban J connectivity index is 2.47. The second kappa shape index (κ2) is 4.78. The number of rotatable bonds is 2. The highest BCUT2D eigenvalue weighted by Gasteiger charge is 2.08. The minimum atomic E-state index is -0.428. The van der Waals surface area contributed by atoms with E-state index in [1.807, 2.05) is 0 Å². The van der Waals surface area contributed by atoms with E-state index in [-0.39, 0.29) is 5.82 Å². The van der Waals surface area contributed by atoms with Crippen LogP contribution in [0.5, 0.6) is 0 Å². The van der Waals surface area contributed by atoms with Crippen molar-refractivity contribution in [3.05, 3.63) is 59.9 Å². The molecule has 3 heteroatoms. The van der Waals surface area contributed by atoms with E-state index >= 15 is 0 Å². The summed E-state index contributed by atoms with van der Waals surface area (Å²) in [6.45, 7) is 0. The minimum Gasteiger partial charge on any atom is -0.465 e. The monoisotopic (exact) mass is 230 g/mol. The normalized spacial score (nSPS) is 10.0. The zero-order chi connectivity index (χ0) is 12.3. The molecule has 0 aliphatic carbocycles. The van der Waals surface area contributed by atoms with Crippen LogP contribution >= 0.6 is 0 Å². The molecule has 0 saturated heterocycles. The predicted octanol–water partition coefficient (Wildman–Crippen LogP) is 3.28. The highest BCUT2D eigenvalue weighted by molar-refractivity contribution is 5.90. The zero-order valence-electron chi connectivity index (χ0n) is 9.31. The third-order valence-electron chi connectivity index (χ3n) is 2.47. The maximum Gasteiger partial charge on any atom is 0.337 e. The van der Waals surface area contributed by atoms with Crippen LogP contribution in [-0.2, 0) is 4.74 Å². The van der Waals surface area contributed by atoms with E-state index in [4.69, 9.17) is 0 Å². The van der Waals surface area contributed by atoms with Gasteiger partial charge < -0.3 is 4.74 Å². The number of hydrogen-bond donors (Lipinski definition) is 0. The zero-order valence-corrected chi connectivity index (χ0v) is 9.31. The Morgan fingerprint density at radius 3 is 2.59 bits per heavy atom. The smallest absolute Gasteiger partial charge is 0.337 e. The maximum atomic E-state index is 13.6. The number of benzene rings is 2. The SMILES string of the molecule is COC(=O)c1cccc(-c2ccccc2F)c1. The largest absolute Gasteiger partial charge is 0.465 e. The van der Waals surface area contributed by atoms with Crippen molar-refractivity contribution in [1.82, 2.24) is 0 Å². The first-order valence-corrected chi connectivity index (χ1v) is 5.15. The minimum absolute atomic E-state index is 0.311. The molecule has 0 radical (unpaired) electrons. The molecule has 0 saturated carbocycles. The van der Waals surface area contributed by atoms with Crippen LogP contribution < -0.4 is 0 Å². The fourth-order valence-corrected chi connectivity index (χ4v) is 1.63. The van der Waals surface area contributed by atoms with Gasteiger partial charge in [-0.25, -0.2) is 9.18 Å². The van der Waals surface area contributed by atoms with Crippen molar-refractivity contribution in [1.29, 1.82) is 0 Å². The average Bonchev–Trinajstić information content (AvgIpc) is 2.38. The number of methoxy groups -OCH3 is 1. The van der Waals surface area contributed by atoms with Gasteiger partial charge in [-0.05, 0) is 23.8 Å². The fourth-order valence-electron chi connectivity index (χ4n) is 1.63. The Bertz CT molecular complexity index is 549. The van der Waals surface area contributed by atoms with Crippen LogP contribution in [0.4, 0.5) is 4.39 Å². The van der Waals surface area contributed by atoms with Gasteiger partial charge in [0.2, 0.25) is 0 Å². The molecule has 0 aliphatic heterocycles. The Hall–Kier alpha value is -2.16. The molecule has 0 N–H and O–H groups in total. The molecule has 86 valence electrons. The second-order valence-corrected chi connectivity index (χ2v) is 3.55. The molecule has 0 spiro atoms. The van der Waals surface area contributed by atoms with E-state index in [1.54, 1.807) is 42.5 Å². The highest BCUT2D eigenvalue weighted by atomic mass is 19.1. The summed E-state index contributed by atoms with van der Waals surface area (Å²) in [5, 5.41) is 0. The highest BCUT2D eigenvalue weighted by Crippen LogP contribution is 2.23. The molecular weight excluding hydrogens is 219 g/mol. The first kappa shape index (κ1) is 11.3. The molecule has 0 heterocycles. The molecule has 17 heavy (non-hydrogen) atoms. The van der Waals surface area contributed by atoms with Crippen LogP contribution in [0.2, 0.25) is 0 Å². The summed E-state index contributed by atoms with van der Waals surface area (Å²) >= 11 is 0. The van der Waals surface area contributed by atoms with Crippen LogP contribution in [0.1, 0.15) is 10.4 Å². The Kier molecular flexibility index (Phi) is 3.19. The van der Waals surface area contributed by atoms with Crippen LogP contribution in [0.3, 0.4) is 0 Å². The van der Waals surface area contributed by atoms with Crippen LogP contribution in [0.25, 0.3) is 11.1 Å². The van der Waals surface area contributed by atoms with E-state index in [1.165, 1.54) is 13.2 Å². The van der Waals surface area contributed by atoms with Gasteiger partial charge >= 0.3 is 5.97 Å². The first-order valence-electron chi connectivity index (χ1n) is 5.15. The van der Waals surface area contributed by atoms with Gasteiger partial charge in [-0.15, -0.1) is 0 Å². The molecule has 0 fully saturated rings.